The van der Waals surface area contributed by atoms with Crippen molar-refractivity contribution in [2.45, 2.75) is 49.7 Å². The lowest BCUT2D eigenvalue weighted by atomic mass is 9.96. The minimum atomic E-state index is -0.829. The summed E-state index contributed by atoms with van der Waals surface area (Å²) in [6.07, 6.45) is 3.80. The molecule has 18 heavy (non-hydrogen) atoms. The van der Waals surface area contributed by atoms with Crippen LogP contribution < -0.4 is 16.8 Å². The number of nitrogens with two attached hydrogens (primary N) is 2. The molecule has 0 unspecified atom stereocenters. The third kappa shape index (κ3) is 2.35. The molecular formula is C12H22N4O2. The predicted octanol–water partition coefficient (Wildman–Crippen LogP) is -1.07. The molecule has 5 N–H and O–H groups in total. The highest BCUT2D eigenvalue weighted by Gasteiger charge is 2.43. The van der Waals surface area contributed by atoms with E-state index in [2.05, 4.69) is 5.32 Å². The Balaban J connectivity index is 2.04. The quantitative estimate of drug-likeness (QED) is 0.597. The van der Waals surface area contributed by atoms with E-state index in [-0.39, 0.29) is 18.0 Å². The van der Waals surface area contributed by atoms with Crippen molar-refractivity contribution in [2.75, 3.05) is 13.6 Å². The lowest BCUT2D eigenvalue weighted by molar-refractivity contribution is -0.133. The molecule has 2 fully saturated rings. The number of hydrogen-bond donors (Lipinski definition) is 3. The summed E-state index contributed by atoms with van der Waals surface area (Å²) < 4.78 is 0. The molecule has 0 bridgehead atoms. The van der Waals surface area contributed by atoms with Crippen LogP contribution in [0.25, 0.3) is 0 Å². The molecule has 2 amide bonds. The SMILES string of the molecule is CN1C[C@@H](N)C[C@H]1C(=O)NC1(C(N)=O)CCCC1. The van der Waals surface area contributed by atoms with Crippen LogP contribution in [-0.4, -0.2) is 47.9 Å². The van der Waals surface area contributed by atoms with E-state index in [0.717, 1.165) is 12.8 Å². The average Bonchev–Trinajstić information content (AvgIpc) is 2.86. The number of nitrogens with one attached hydrogen (secondary N) is 1. The molecule has 1 saturated heterocycles. The van der Waals surface area contributed by atoms with Crippen molar-refractivity contribution >= 4 is 11.8 Å². The highest BCUT2D eigenvalue weighted by Crippen LogP contribution is 2.30. The normalized spacial score (nSPS) is 31.4. The van der Waals surface area contributed by atoms with E-state index in [9.17, 15) is 9.59 Å². The Labute approximate surface area is 107 Å². The van der Waals surface area contributed by atoms with Gasteiger partial charge in [0.1, 0.15) is 5.54 Å². The molecule has 2 atom stereocenters. The van der Waals surface area contributed by atoms with Crippen LogP contribution in [0.5, 0.6) is 0 Å². The number of carbonyl (C=O) groups excluding carboxylic acids is 2. The fraction of sp³-hybridized carbons (Fsp3) is 0.833. The number of carbonyl (C=O) groups is 2. The Morgan fingerprint density at radius 1 is 1.33 bits per heavy atom. The van der Waals surface area contributed by atoms with Crippen LogP contribution in [0.15, 0.2) is 0 Å². The van der Waals surface area contributed by atoms with Crippen molar-refractivity contribution in [1.29, 1.82) is 0 Å². The zero-order chi connectivity index (χ0) is 13.3. The second-order valence-electron chi connectivity index (χ2n) is 5.59. The first-order chi connectivity index (χ1) is 8.44. The van der Waals surface area contributed by atoms with Gasteiger partial charge in [0.25, 0.3) is 0 Å². The lowest BCUT2D eigenvalue weighted by Crippen LogP contribution is -2.58. The molecule has 1 heterocycles. The number of likely N-dealkylation sites (N-methyl/N-ethyl adjacent to an activating group) is 1. The first-order valence-electron chi connectivity index (χ1n) is 6.52. The summed E-state index contributed by atoms with van der Waals surface area (Å²) in [7, 11) is 1.88. The molecule has 102 valence electrons. The van der Waals surface area contributed by atoms with Crippen molar-refractivity contribution in [3.05, 3.63) is 0 Å². The predicted molar refractivity (Wildman–Crippen MR) is 67.5 cm³/mol. The average molecular weight is 254 g/mol. The summed E-state index contributed by atoms with van der Waals surface area (Å²) in [6, 6.07) is -0.212. The smallest absolute Gasteiger partial charge is 0.243 e. The molecule has 1 aliphatic carbocycles. The number of nitrogens with zero attached hydrogens (tertiary/aromatic N) is 1. The molecule has 2 rings (SSSR count). The Morgan fingerprint density at radius 2 is 1.94 bits per heavy atom. The van der Waals surface area contributed by atoms with Crippen molar-refractivity contribution in [2.24, 2.45) is 11.5 Å². The fourth-order valence-electron chi connectivity index (χ4n) is 3.08. The molecule has 0 radical (unpaired) electrons. The van der Waals surface area contributed by atoms with Gasteiger partial charge < -0.3 is 16.8 Å². The van der Waals surface area contributed by atoms with E-state index in [1.54, 1.807) is 0 Å². The van der Waals surface area contributed by atoms with E-state index in [4.69, 9.17) is 11.5 Å². The van der Waals surface area contributed by atoms with Crippen LogP contribution in [0.3, 0.4) is 0 Å². The first-order valence-corrected chi connectivity index (χ1v) is 6.52. The van der Waals surface area contributed by atoms with E-state index >= 15 is 0 Å². The maximum Gasteiger partial charge on any atom is 0.243 e. The summed E-state index contributed by atoms with van der Waals surface area (Å²) in [5, 5.41) is 2.87. The van der Waals surface area contributed by atoms with Crippen LogP contribution in [-0.2, 0) is 9.59 Å². The molecule has 0 aromatic rings. The highest BCUT2D eigenvalue weighted by molar-refractivity contribution is 5.92. The summed E-state index contributed by atoms with van der Waals surface area (Å²) in [5.41, 5.74) is 10.5. The largest absolute Gasteiger partial charge is 0.368 e. The van der Waals surface area contributed by atoms with Crippen molar-refractivity contribution < 1.29 is 9.59 Å². The van der Waals surface area contributed by atoms with E-state index in [1.807, 2.05) is 11.9 Å². The Bertz CT molecular complexity index is 352. The van der Waals surface area contributed by atoms with Crippen LogP contribution in [0.1, 0.15) is 32.1 Å². The van der Waals surface area contributed by atoms with Crippen LogP contribution >= 0.6 is 0 Å². The molecule has 6 nitrogen and oxygen atoms in total. The topological polar surface area (TPSA) is 101 Å². The molecule has 0 aromatic carbocycles. The van der Waals surface area contributed by atoms with Gasteiger partial charge in [-0.15, -0.1) is 0 Å². The Hall–Kier alpha value is -1.14. The van der Waals surface area contributed by atoms with E-state index in [0.29, 0.717) is 25.8 Å². The number of primary amides is 1. The van der Waals surface area contributed by atoms with Gasteiger partial charge in [-0.2, -0.15) is 0 Å². The minimum absolute atomic E-state index is 0.0267. The lowest BCUT2D eigenvalue weighted by Gasteiger charge is -2.29. The maximum atomic E-state index is 12.3. The zero-order valence-corrected chi connectivity index (χ0v) is 10.8. The van der Waals surface area contributed by atoms with Crippen LogP contribution in [0.4, 0.5) is 0 Å². The van der Waals surface area contributed by atoms with Gasteiger partial charge in [0.2, 0.25) is 11.8 Å². The fourth-order valence-corrected chi connectivity index (χ4v) is 3.08. The van der Waals surface area contributed by atoms with Gasteiger partial charge in [-0.3, -0.25) is 14.5 Å². The highest BCUT2D eigenvalue weighted by atomic mass is 16.2. The summed E-state index contributed by atoms with van der Waals surface area (Å²) in [6.45, 7) is 0.710. The Kier molecular flexibility index (Phi) is 3.59. The van der Waals surface area contributed by atoms with Gasteiger partial charge in [0.15, 0.2) is 0 Å². The Morgan fingerprint density at radius 3 is 2.39 bits per heavy atom. The molecule has 1 aliphatic heterocycles. The molecule has 1 saturated carbocycles. The summed E-state index contributed by atoms with van der Waals surface area (Å²) in [4.78, 5) is 25.8. The van der Waals surface area contributed by atoms with Crippen LogP contribution in [0.2, 0.25) is 0 Å². The molecule has 2 aliphatic rings. The van der Waals surface area contributed by atoms with Crippen molar-refractivity contribution in [1.82, 2.24) is 10.2 Å². The van der Waals surface area contributed by atoms with Gasteiger partial charge in [0.05, 0.1) is 6.04 Å². The zero-order valence-electron chi connectivity index (χ0n) is 10.8. The molecule has 6 heteroatoms. The van der Waals surface area contributed by atoms with Gasteiger partial charge in [-0.25, -0.2) is 0 Å². The van der Waals surface area contributed by atoms with E-state index in [1.165, 1.54) is 0 Å². The number of hydrogen-bond acceptors (Lipinski definition) is 4. The summed E-state index contributed by atoms with van der Waals surface area (Å²) in [5.74, 6) is -0.538. The maximum absolute atomic E-state index is 12.3. The van der Waals surface area contributed by atoms with Gasteiger partial charge in [0, 0.05) is 12.6 Å². The second kappa shape index (κ2) is 4.85. The molecule has 0 spiro atoms. The van der Waals surface area contributed by atoms with Crippen molar-refractivity contribution in [3.8, 4) is 0 Å². The standard InChI is InChI=1S/C12H22N4O2/c1-16-7-8(13)6-9(16)10(17)15-12(11(14)18)4-2-3-5-12/h8-9H,2-7,13H2,1H3,(H2,14,18)(H,15,17)/t8-,9-/m0/s1. The number of amides is 2. The first kappa shape index (κ1) is 13.3. The third-order valence-corrected chi connectivity index (χ3v) is 4.17. The van der Waals surface area contributed by atoms with Gasteiger partial charge in [-0.1, -0.05) is 12.8 Å². The molecule has 0 aromatic heterocycles. The third-order valence-electron chi connectivity index (χ3n) is 4.17. The second-order valence-corrected chi connectivity index (χ2v) is 5.59. The van der Waals surface area contributed by atoms with E-state index < -0.39 is 11.4 Å². The van der Waals surface area contributed by atoms with Crippen LogP contribution in [0, 0.1) is 0 Å². The minimum Gasteiger partial charge on any atom is -0.368 e. The number of rotatable bonds is 3. The van der Waals surface area contributed by atoms with Crippen molar-refractivity contribution in [3.63, 3.8) is 0 Å². The monoisotopic (exact) mass is 254 g/mol. The van der Waals surface area contributed by atoms with Gasteiger partial charge >= 0.3 is 0 Å². The van der Waals surface area contributed by atoms with Gasteiger partial charge in [-0.05, 0) is 26.3 Å². The summed E-state index contributed by atoms with van der Waals surface area (Å²) >= 11 is 0. The molecular weight excluding hydrogens is 232 g/mol. The number of likely N-dealkylation sites (tertiary alicyclic amines) is 1.